The van der Waals surface area contributed by atoms with Crippen molar-refractivity contribution in [2.24, 2.45) is 5.41 Å². The van der Waals surface area contributed by atoms with Gasteiger partial charge < -0.3 is 14.5 Å². The highest BCUT2D eigenvalue weighted by molar-refractivity contribution is 6.00. The zero-order valence-electron chi connectivity index (χ0n) is 18.4. The summed E-state index contributed by atoms with van der Waals surface area (Å²) in [5.74, 6) is -1.47. The van der Waals surface area contributed by atoms with E-state index in [-0.39, 0.29) is 35.6 Å². The maximum Gasteiger partial charge on any atom is 0.410 e. The Hall–Kier alpha value is -2.64. The number of hydrogen-bond acceptors (Lipinski definition) is 5. The first-order valence-electron chi connectivity index (χ1n) is 10.9. The summed E-state index contributed by atoms with van der Waals surface area (Å²) >= 11 is 0. The molecule has 3 saturated heterocycles. The molecule has 1 N–H and O–H groups in total. The first kappa shape index (κ1) is 21.6. The lowest BCUT2D eigenvalue weighted by Gasteiger charge is -2.54. The predicted molar refractivity (Wildman–Crippen MR) is 113 cm³/mol. The smallest absolute Gasteiger partial charge is 0.410 e. The van der Waals surface area contributed by atoms with Gasteiger partial charge in [0.2, 0.25) is 11.8 Å². The van der Waals surface area contributed by atoms with Crippen molar-refractivity contribution < 1.29 is 23.5 Å². The minimum absolute atomic E-state index is 0.0938. The van der Waals surface area contributed by atoms with Gasteiger partial charge in [-0.1, -0.05) is 6.07 Å². The van der Waals surface area contributed by atoms with Crippen LogP contribution in [0.3, 0.4) is 0 Å². The standard InChI is InChI=1S/C23H30FN3O4/c1-22(2,3)31-21(30)27-13-23(14-27)8-10-26(11-9-23)18-6-4-15(12-17(18)24)16-5-7-19(28)25-20(16)29/h4,6,12,16H,5,7-11,13-14H2,1-3H3,(H,25,28,29). The van der Waals surface area contributed by atoms with Crippen LogP contribution in [-0.4, -0.2) is 54.6 Å². The number of hydrogen-bond donors (Lipinski definition) is 1. The van der Waals surface area contributed by atoms with Gasteiger partial charge in [0.1, 0.15) is 11.4 Å². The molecule has 3 aliphatic heterocycles. The monoisotopic (exact) mass is 431 g/mol. The van der Waals surface area contributed by atoms with Crippen molar-refractivity contribution in [3.05, 3.63) is 29.6 Å². The summed E-state index contributed by atoms with van der Waals surface area (Å²) in [7, 11) is 0. The van der Waals surface area contributed by atoms with Crippen LogP contribution in [0.15, 0.2) is 18.2 Å². The van der Waals surface area contributed by atoms with Gasteiger partial charge in [0.05, 0.1) is 11.6 Å². The zero-order chi connectivity index (χ0) is 22.4. The van der Waals surface area contributed by atoms with Crippen LogP contribution in [0, 0.1) is 11.2 Å². The Morgan fingerprint density at radius 3 is 2.45 bits per heavy atom. The van der Waals surface area contributed by atoms with Crippen molar-refractivity contribution in [3.63, 3.8) is 0 Å². The third kappa shape index (κ3) is 4.52. The summed E-state index contributed by atoms with van der Waals surface area (Å²) in [5, 5.41) is 2.32. The number of halogens is 1. The lowest BCUT2D eigenvalue weighted by Crippen LogP contribution is -2.62. The van der Waals surface area contributed by atoms with E-state index >= 15 is 0 Å². The Bertz CT molecular complexity index is 895. The summed E-state index contributed by atoms with van der Waals surface area (Å²) < 4.78 is 20.3. The highest BCUT2D eigenvalue weighted by atomic mass is 19.1. The van der Waals surface area contributed by atoms with E-state index in [9.17, 15) is 18.8 Å². The van der Waals surface area contributed by atoms with Gasteiger partial charge >= 0.3 is 6.09 Å². The summed E-state index contributed by atoms with van der Waals surface area (Å²) in [6.07, 6.45) is 2.19. The topological polar surface area (TPSA) is 79.0 Å². The van der Waals surface area contributed by atoms with E-state index < -0.39 is 11.5 Å². The molecule has 1 unspecified atom stereocenters. The molecule has 3 amide bonds. The van der Waals surface area contributed by atoms with Crippen LogP contribution >= 0.6 is 0 Å². The molecule has 31 heavy (non-hydrogen) atoms. The van der Waals surface area contributed by atoms with Crippen molar-refractivity contribution in [2.45, 2.75) is 58.0 Å². The average molecular weight is 432 g/mol. The second kappa shape index (κ2) is 7.80. The molecule has 1 aromatic rings. The van der Waals surface area contributed by atoms with Crippen molar-refractivity contribution in [1.82, 2.24) is 10.2 Å². The largest absolute Gasteiger partial charge is 0.444 e. The van der Waals surface area contributed by atoms with Gasteiger partial charge in [-0.3, -0.25) is 14.9 Å². The fraction of sp³-hybridized carbons (Fsp3) is 0.609. The SMILES string of the molecule is CC(C)(C)OC(=O)N1CC2(CCN(c3ccc(C4CCC(=O)NC4=O)cc3F)CC2)C1. The minimum atomic E-state index is -0.499. The van der Waals surface area contributed by atoms with Gasteiger partial charge in [-0.15, -0.1) is 0 Å². The Morgan fingerprint density at radius 1 is 1.19 bits per heavy atom. The molecule has 3 fully saturated rings. The molecule has 3 heterocycles. The number of piperidine rings is 2. The first-order chi connectivity index (χ1) is 14.6. The van der Waals surface area contributed by atoms with E-state index in [2.05, 4.69) is 5.32 Å². The number of carbonyl (C=O) groups excluding carboxylic acids is 3. The summed E-state index contributed by atoms with van der Waals surface area (Å²) in [6.45, 7) is 8.39. The number of benzene rings is 1. The second-order valence-electron chi connectivity index (χ2n) is 10.0. The Kier molecular flexibility index (Phi) is 5.43. The van der Waals surface area contributed by atoms with E-state index in [4.69, 9.17) is 4.74 Å². The molecule has 1 atom stereocenters. The molecule has 0 radical (unpaired) electrons. The van der Waals surface area contributed by atoms with Crippen molar-refractivity contribution >= 4 is 23.6 Å². The molecule has 1 spiro atoms. The minimum Gasteiger partial charge on any atom is -0.444 e. The van der Waals surface area contributed by atoms with Gasteiger partial charge in [0.15, 0.2) is 0 Å². The molecule has 8 heteroatoms. The third-order valence-electron chi connectivity index (χ3n) is 6.48. The first-order valence-corrected chi connectivity index (χ1v) is 10.9. The van der Waals surface area contributed by atoms with Gasteiger partial charge in [-0.05, 0) is 57.7 Å². The third-order valence-corrected chi connectivity index (χ3v) is 6.48. The molecule has 168 valence electrons. The number of likely N-dealkylation sites (tertiary alicyclic amines) is 1. The van der Waals surface area contributed by atoms with Crippen LogP contribution in [0.5, 0.6) is 0 Å². The lowest BCUT2D eigenvalue weighted by atomic mass is 9.72. The molecule has 7 nitrogen and oxygen atoms in total. The van der Waals surface area contributed by atoms with Crippen LogP contribution in [0.2, 0.25) is 0 Å². The molecular weight excluding hydrogens is 401 g/mol. The van der Waals surface area contributed by atoms with Gasteiger partial charge in [0.25, 0.3) is 0 Å². The van der Waals surface area contributed by atoms with Crippen LogP contribution in [0.1, 0.15) is 57.9 Å². The van der Waals surface area contributed by atoms with E-state index in [1.165, 1.54) is 6.07 Å². The predicted octanol–water partition coefficient (Wildman–Crippen LogP) is 3.18. The van der Waals surface area contributed by atoms with Crippen LogP contribution in [-0.2, 0) is 14.3 Å². The lowest BCUT2D eigenvalue weighted by molar-refractivity contribution is -0.134. The maximum absolute atomic E-state index is 14.9. The fourth-order valence-corrected chi connectivity index (χ4v) is 4.77. The normalized spacial score (nSPS) is 23.4. The average Bonchev–Trinajstić information content (AvgIpc) is 2.65. The van der Waals surface area contributed by atoms with E-state index in [1.807, 2.05) is 25.7 Å². The molecule has 0 bridgehead atoms. The van der Waals surface area contributed by atoms with Crippen molar-refractivity contribution in [3.8, 4) is 0 Å². The number of ether oxygens (including phenoxy) is 1. The Morgan fingerprint density at radius 2 is 1.87 bits per heavy atom. The molecule has 4 rings (SSSR count). The summed E-state index contributed by atoms with van der Waals surface area (Å²) in [6, 6.07) is 4.95. The quantitative estimate of drug-likeness (QED) is 0.728. The number of amides is 3. The number of anilines is 1. The van der Waals surface area contributed by atoms with Crippen molar-refractivity contribution in [1.29, 1.82) is 0 Å². The highest BCUT2D eigenvalue weighted by Crippen LogP contribution is 2.42. The molecule has 0 saturated carbocycles. The number of carbonyl (C=O) groups is 3. The summed E-state index contributed by atoms with van der Waals surface area (Å²) in [4.78, 5) is 39.4. The van der Waals surface area contributed by atoms with Crippen LogP contribution < -0.4 is 10.2 Å². The van der Waals surface area contributed by atoms with Gasteiger partial charge in [-0.25, -0.2) is 9.18 Å². The molecule has 0 aliphatic carbocycles. The second-order valence-corrected chi connectivity index (χ2v) is 10.0. The Balaban J connectivity index is 1.34. The van der Waals surface area contributed by atoms with Gasteiger partial charge in [-0.2, -0.15) is 0 Å². The number of nitrogens with zero attached hydrogens (tertiary/aromatic N) is 2. The zero-order valence-corrected chi connectivity index (χ0v) is 18.4. The van der Waals surface area contributed by atoms with Crippen LogP contribution in [0.4, 0.5) is 14.9 Å². The van der Waals surface area contributed by atoms with E-state index in [0.717, 1.165) is 25.9 Å². The maximum atomic E-state index is 14.9. The van der Waals surface area contributed by atoms with Gasteiger partial charge in [0, 0.05) is 38.0 Å². The molecule has 3 aliphatic rings. The number of imide groups is 1. The number of rotatable bonds is 2. The summed E-state index contributed by atoms with van der Waals surface area (Å²) in [5.41, 5.74) is 0.734. The van der Waals surface area contributed by atoms with E-state index in [0.29, 0.717) is 30.8 Å². The molecular formula is C23H30FN3O4. The van der Waals surface area contributed by atoms with E-state index in [1.54, 1.807) is 17.0 Å². The molecule has 0 aromatic heterocycles. The van der Waals surface area contributed by atoms with Crippen LogP contribution in [0.25, 0.3) is 0 Å². The molecule has 1 aromatic carbocycles. The Labute approximate surface area is 181 Å². The van der Waals surface area contributed by atoms with Crippen molar-refractivity contribution in [2.75, 3.05) is 31.1 Å². The number of nitrogens with one attached hydrogen (secondary N) is 1. The fourth-order valence-electron chi connectivity index (χ4n) is 4.77. The highest BCUT2D eigenvalue weighted by Gasteiger charge is 2.48.